The maximum absolute atomic E-state index is 12.0. The fraction of sp³-hybridized carbons (Fsp3) is 0.321. The van der Waals surface area contributed by atoms with Gasteiger partial charge in [-0.15, -0.1) is 0 Å². The second kappa shape index (κ2) is 15.2. The van der Waals surface area contributed by atoms with Crippen molar-refractivity contribution in [1.29, 1.82) is 0 Å². The molecule has 0 saturated carbocycles. The Bertz CT molecular complexity index is 981. The first kappa shape index (κ1) is 25.6. The molecule has 0 saturated heterocycles. The summed E-state index contributed by atoms with van der Waals surface area (Å²) in [6.45, 7) is 2.18. The van der Waals surface area contributed by atoms with E-state index in [0.717, 1.165) is 5.57 Å². The maximum atomic E-state index is 12.0. The zero-order valence-corrected chi connectivity index (χ0v) is 19.0. The van der Waals surface area contributed by atoms with Crippen molar-refractivity contribution < 1.29 is 23.9 Å². The van der Waals surface area contributed by atoms with Crippen LogP contribution in [0.2, 0.25) is 0 Å². The van der Waals surface area contributed by atoms with Crippen LogP contribution in [0.25, 0.3) is 0 Å². The lowest BCUT2D eigenvalue weighted by molar-refractivity contribution is -0.116. The molecule has 2 aromatic carbocycles. The zero-order chi connectivity index (χ0) is 23.7. The molecule has 0 radical (unpaired) electrons. The van der Waals surface area contributed by atoms with Crippen LogP contribution in [-0.2, 0) is 14.3 Å². The number of hydrogen-bond donors (Lipinski definition) is 0. The lowest BCUT2D eigenvalue weighted by Crippen LogP contribution is -2.06. The van der Waals surface area contributed by atoms with Gasteiger partial charge < -0.3 is 14.3 Å². The summed E-state index contributed by atoms with van der Waals surface area (Å²) in [5, 5.41) is 0. The summed E-state index contributed by atoms with van der Waals surface area (Å²) < 4.78 is 10.6. The third-order valence-corrected chi connectivity index (χ3v) is 4.66. The van der Waals surface area contributed by atoms with Crippen molar-refractivity contribution in [3.05, 3.63) is 83.4 Å². The standard InChI is InChI=1S/C28H30O5/c1-23(29)13-11-15-24(16-12-22-33-28(31)26-19-8-3-9-20-26)14-5-4-10-21-32-27(30)25-17-6-2-7-18-25/h2-3,6-9,15,17-20H,4,10-13,16,21-22H2,1H3/b24-15+. The molecule has 0 amide bonds. The summed E-state index contributed by atoms with van der Waals surface area (Å²) in [6, 6.07) is 17.8. The van der Waals surface area contributed by atoms with Gasteiger partial charge in [-0.2, -0.15) is 0 Å². The molecule has 0 N–H and O–H groups in total. The third-order valence-electron chi connectivity index (χ3n) is 4.66. The summed E-state index contributed by atoms with van der Waals surface area (Å²) in [5.41, 5.74) is 1.99. The molecule has 0 spiro atoms. The van der Waals surface area contributed by atoms with Crippen LogP contribution < -0.4 is 0 Å². The van der Waals surface area contributed by atoms with Crippen molar-refractivity contribution in [1.82, 2.24) is 0 Å². The summed E-state index contributed by atoms with van der Waals surface area (Å²) in [5.74, 6) is 5.72. The van der Waals surface area contributed by atoms with Crippen LogP contribution in [0.3, 0.4) is 0 Å². The van der Waals surface area contributed by atoms with Gasteiger partial charge in [0.05, 0.1) is 24.3 Å². The Morgan fingerprint density at radius 1 is 0.788 bits per heavy atom. The van der Waals surface area contributed by atoms with Crippen molar-refractivity contribution in [2.24, 2.45) is 0 Å². The molecule has 2 aromatic rings. The van der Waals surface area contributed by atoms with E-state index in [1.165, 1.54) is 0 Å². The van der Waals surface area contributed by atoms with Gasteiger partial charge in [-0.05, 0) is 62.4 Å². The molecule has 0 aliphatic carbocycles. The van der Waals surface area contributed by atoms with Crippen LogP contribution in [0.5, 0.6) is 0 Å². The van der Waals surface area contributed by atoms with Crippen LogP contribution >= 0.6 is 0 Å². The first-order valence-electron chi connectivity index (χ1n) is 11.2. The topological polar surface area (TPSA) is 69.7 Å². The second-order valence-corrected chi connectivity index (χ2v) is 7.48. The number of ether oxygens (including phenoxy) is 2. The van der Waals surface area contributed by atoms with Crippen molar-refractivity contribution in [2.45, 2.75) is 45.4 Å². The highest BCUT2D eigenvalue weighted by atomic mass is 16.5. The first-order valence-corrected chi connectivity index (χ1v) is 11.2. The number of benzene rings is 2. The molecule has 0 fully saturated rings. The number of rotatable bonds is 12. The Morgan fingerprint density at radius 3 is 1.88 bits per heavy atom. The third kappa shape index (κ3) is 11.0. The highest BCUT2D eigenvalue weighted by Crippen LogP contribution is 2.09. The van der Waals surface area contributed by atoms with Crippen molar-refractivity contribution in [3.63, 3.8) is 0 Å². The van der Waals surface area contributed by atoms with E-state index in [2.05, 4.69) is 11.8 Å². The number of unbranched alkanes of at least 4 members (excludes halogenated alkanes) is 1. The Kier molecular flexibility index (Phi) is 11.8. The lowest BCUT2D eigenvalue weighted by atomic mass is 10.1. The first-order chi connectivity index (χ1) is 16.1. The maximum Gasteiger partial charge on any atom is 0.338 e. The van der Waals surface area contributed by atoms with Crippen LogP contribution in [0.1, 0.15) is 66.2 Å². The van der Waals surface area contributed by atoms with Crippen molar-refractivity contribution >= 4 is 17.7 Å². The molecular formula is C28H30O5. The quantitative estimate of drug-likeness (QED) is 0.243. The normalized spacial score (nSPS) is 10.6. The SMILES string of the molecule is CC(=O)CC/C=C(\C#CCCCOC(=O)c1ccccc1)CCCOC(=O)c1ccccc1. The minimum Gasteiger partial charge on any atom is -0.462 e. The van der Waals surface area contributed by atoms with Crippen LogP contribution in [0, 0.1) is 11.8 Å². The average molecular weight is 447 g/mol. The van der Waals surface area contributed by atoms with E-state index in [9.17, 15) is 14.4 Å². The van der Waals surface area contributed by atoms with Gasteiger partial charge in [0.2, 0.25) is 0 Å². The Labute approximate surface area is 195 Å². The van der Waals surface area contributed by atoms with Gasteiger partial charge in [0.25, 0.3) is 0 Å². The molecular weight excluding hydrogens is 416 g/mol. The van der Waals surface area contributed by atoms with Crippen LogP contribution in [-0.4, -0.2) is 30.9 Å². The van der Waals surface area contributed by atoms with E-state index in [4.69, 9.17) is 9.47 Å². The van der Waals surface area contributed by atoms with Gasteiger partial charge in [-0.3, -0.25) is 0 Å². The minimum absolute atomic E-state index is 0.135. The monoisotopic (exact) mass is 446 g/mol. The summed E-state index contributed by atoms with van der Waals surface area (Å²) >= 11 is 0. The Morgan fingerprint density at radius 2 is 1.33 bits per heavy atom. The number of allylic oxidation sites excluding steroid dienone is 2. The van der Waals surface area contributed by atoms with E-state index in [1.54, 1.807) is 55.5 Å². The van der Waals surface area contributed by atoms with Gasteiger partial charge in [-0.1, -0.05) is 54.3 Å². The molecule has 5 nitrogen and oxygen atoms in total. The molecule has 0 heterocycles. The van der Waals surface area contributed by atoms with Gasteiger partial charge >= 0.3 is 11.9 Å². The second-order valence-electron chi connectivity index (χ2n) is 7.48. The van der Waals surface area contributed by atoms with E-state index in [-0.39, 0.29) is 17.7 Å². The molecule has 0 aromatic heterocycles. The fourth-order valence-corrected chi connectivity index (χ4v) is 2.91. The smallest absolute Gasteiger partial charge is 0.338 e. The van der Waals surface area contributed by atoms with Crippen molar-refractivity contribution in [2.75, 3.05) is 13.2 Å². The Hall–Kier alpha value is -3.65. The minimum atomic E-state index is -0.339. The molecule has 0 atom stereocenters. The molecule has 33 heavy (non-hydrogen) atoms. The van der Waals surface area contributed by atoms with Gasteiger partial charge in [0, 0.05) is 12.8 Å². The molecule has 172 valence electrons. The van der Waals surface area contributed by atoms with Crippen molar-refractivity contribution in [3.8, 4) is 11.8 Å². The van der Waals surface area contributed by atoms with Gasteiger partial charge in [0.1, 0.15) is 5.78 Å². The van der Waals surface area contributed by atoms with E-state index in [1.807, 2.05) is 18.2 Å². The summed E-state index contributed by atoms with van der Waals surface area (Å²) in [6.07, 6.45) is 5.63. The molecule has 0 aliphatic heterocycles. The lowest BCUT2D eigenvalue weighted by Gasteiger charge is -2.05. The van der Waals surface area contributed by atoms with E-state index in [0.29, 0.717) is 62.9 Å². The molecule has 0 aliphatic rings. The number of ketones is 1. The molecule has 2 rings (SSSR count). The predicted molar refractivity (Wildman–Crippen MR) is 128 cm³/mol. The van der Waals surface area contributed by atoms with Gasteiger partial charge in [-0.25, -0.2) is 9.59 Å². The summed E-state index contributed by atoms with van der Waals surface area (Å²) in [4.78, 5) is 35.1. The fourth-order valence-electron chi connectivity index (χ4n) is 2.91. The van der Waals surface area contributed by atoms with E-state index >= 15 is 0 Å². The average Bonchev–Trinajstić information content (AvgIpc) is 2.84. The van der Waals surface area contributed by atoms with Crippen LogP contribution in [0.15, 0.2) is 72.3 Å². The molecule has 5 heteroatoms. The number of esters is 2. The van der Waals surface area contributed by atoms with Gasteiger partial charge in [0.15, 0.2) is 0 Å². The predicted octanol–water partition coefficient (Wildman–Crippen LogP) is 5.56. The molecule has 0 unspecified atom stereocenters. The largest absolute Gasteiger partial charge is 0.462 e. The Balaban J connectivity index is 1.74. The molecule has 0 bridgehead atoms. The number of carbonyl (C=O) groups is 3. The number of carbonyl (C=O) groups excluding carboxylic acids is 3. The summed E-state index contributed by atoms with van der Waals surface area (Å²) in [7, 11) is 0. The van der Waals surface area contributed by atoms with Crippen LogP contribution in [0.4, 0.5) is 0 Å². The highest BCUT2D eigenvalue weighted by Gasteiger charge is 2.06. The van der Waals surface area contributed by atoms with E-state index < -0.39 is 0 Å². The number of Topliss-reactive ketones (excluding diaryl/α,β-unsaturated/α-hetero) is 1. The zero-order valence-electron chi connectivity index (χ0n) is 19.0. The highest BCUT2D eigenvalue weighted by molar-refractivity contribution is 5.89. The number of hydrogen-bond acceptors (Lipinski definition) is 5.